The summed E-state index contributed by atoms with van der Waals surface area (Å²) in [5, 5.41) is 42.4. The van der Waals surface area contributed by atoms with Gasteiger partial charge in [0.1, 0.15) is 10.3 Å². The van der Waals surface area contributed by atoms with Crippen molar-refractivity contribution in [3.63, 3.8) is 0 Å². The van der Waals surface area contributed by atoms with Crippen molar-refractivity contribution in [2.45, 2.75) is 30.5 Å². The van der Waals surface area contributed by atoms with Crippen LogP contribution in [0.3, 0.4) is 0 Å². The molecule has 4 aliphatic heterocycles. The Balaban J connectivity index is 0.000000149. The highest BCUT2D eigenvalue weighted by Gasteiger charge is 2.41. The maximum absolute atomic E-state index is 10.3. The second-order valence-corrected chi connectivity index (χ2v) is 12.3. The van der Waals surface area contributed by atoms with E-state index < -0.39 is 36.4 Å². The quantitative estimate of drug-likeness (QED) is 0.234. The highest BCUT2D eigenvalue weighted by molar-refractivity contribution is 6.41. The van der Waals surface area contributed by atoms with E-state index in [2.05, 4.69) is 30.4 Å². The average molecular weight is 680 g/mol. The van der Waals surface area contributed by atoms with Gasteiger partial charge in [-0.1, -0.05) is 46.4 Å². The number of hydrogen-bond donors (Lipinski definition) is 6. The zero-order chi connectivity index (χ0) is 31.5. The van der Waals surface area contributed by atoms with E-state index in [0.717, 1.165) is 62.5 Å². The van der Waals surface area contributed by atoms with Gasteiger partial charge in [0.15, 0.2) is 5.60 Å². The van der Waals surface area contributed by atoms with Crippen LogP contribution in [-0.2, 0) is 14.4 Å². The summed E-state index contributed by atoms with van der Waals surface area (Å²) in [6, 6.07) is 5.09. The topological polar surface area (TPSA) is 188 Å². The molecule has 0 radical (unpaired) electrons. The van der Waals surface area contributed by atoms with Crippen molar-refractivity contribution in [3.05, 3.63) is 44.9 Å². The van der Waals surface area contributed by atoms with Crippen LogP contribution in [-0.4, -0.2) is 105 Å². The predicted octanol–water partition coefficient (Wildman–Crippen LogP) is 2.34. The summed E-state index contributed by atoms with van der Waals surface area (Å²) >= 11 is 23.5. The lowest BCUT2D eigenvalue weighted by atomic mass is 9.96. The Hall–Kier alpha value is -2.65. The highest BCUT2D eigenvalue weighted by Crippen LogP contribution is 2.32. The summed E-state index contributed by atoms with van der Waals surface area (Å²) in [6.45, 7) is 6.55. The number of pyridine rings is 2. The monoisotopic (exact) mass is 678 g/mol. The third kappa shape index (κ3) is 8.29. The van der Waals surface area contributed by atoms with Gasteiger partial charge >= 0.3 is 17.9 Å². The summed E-state index contributed by atoms with van der Waals surface area (Å²) in [7, 11) is 0. The molecule has 43 heavy (non-hydrogen) atoms. The van der Waals surface area contributed by atoms with Crippen LogP contribution in [0.2, 0.25) is 20.4 Å². The van der Waals surface area contributed by atoms with Gasteiger partial charge in [-0.3, -0.25) is 9.59 Å². The Morgan fingerprint density at radius 2 is 1.16 bits per heavy atom. The number of anilines is 2. The lowest BCUT2D eigenvalue weighted by molar-refractivity contribution is -0.170. The van der Waals surface area contributed by atoms with Gasteiger partial charge in [-0.25, -0.2) is 14.8 Å². The Morgan fingerprint density at radius 1 is 0.767 bits per heavy atom. The molecule has 6 rings (SSSR count). The van der Waals surface area contributed by atoms with Crippen molar-refractivity contribution in [1.82, 2.24) is 20.6 Å². The zero-order valence-electron chi connectivity index (χ0n) is 22.6. The van der Waals surface area contributed by atoms with Crippen molar-refractivity contribution in [1.29, 1.82) is 0 Å². The Labute approximate surface area is 266 Å². The molecule has 0 saturated carbocycles. The fourth-order valence-electron chi connectivity index (χ4n) is 5.21. The van der Waals surface area contributed by atoms with E-state index in [4.69, 9.17) is 66.8 Å². The minimum Gasteiger partial charge on any atom is -0.481 e. The number of aliphatic carboxylic acids is 3. The van der Waals surface area contributed by atoms with Crippen LogP contribution in [0.4, 0.5) is 11.4 Å². The number of aliphatic hydroxyl groups is 1. The first-order chi connectivity index (χ1) is 20.3. The predicted molar refractivity (Wildman–Crippen MR) is 161 cm³/mol. The normalized spacial score (nSPS) is 23.4. The standard InChI is InChI=1S/2C10H11Cl2N3.C6H8O7/c2*11-8-1-7(3-14-10(8)12)15-4-6-2-13-9(6)5-15;7-3(8)1-6(13,5(11)12)2-4(9)10/h2*1,3,6,9,13H,2,4-5H2;13H,1-2H2,(H,7,8)(H,9,10)(H,11,12)/t2*6-,9+;/m00./s1. The van der Waals surface area contributed by atoms with Gasteiger partial charge in [0, 0.05) is 63.2 Å². The third-order valence-corrected chi connectivity index (χ3v) is 9.12. The summed E-state index contributed by atoms with van der Waals surface area (Å²) < 4.78 is 0. The Kier molecular flexibility index (Phi) is 10.8. The SMILES string of the molecule is Clc1cc(N2C[C@@H]3CN[C@@H]3C2)cnc1Cl.Clc1cc(N2C[C@@H]3CN[C@@H]3C2)cnc1Cl.O=C(O)CC(O)(CC(=O)O)C(=O)O. The molecule has 0 bridgehead atoms. The van der Waals surface area contributed by atoms with Crippen molar-refractivity contribution >= 4 is 75.7 Å². The molecule has 0 aliphatic carbocycles. The van der Waals surface area contributed by atoms with Crippen LogP contribution in [0.15, 0.2) is 24.5 Å². The summed E-state index contributed by atoms with van der Waals surface area (Å²) in [6.07, 6.45) is 1.29. The fourth-order valence-corrected chi connectivity index (χ4v) is 5.73. The molecule has 0 spiro atoms. The van der Waals surface area contributed by atoms with Gasteiger partial charge < -0.3 is 40.9 Å². The molecule has 17 heteroatoms. The highest BCUT2D eigenvalue weighted by atomic mass is 35.5. The molecule has 0 aromatic carbocycles. The maximum atomic E-state index is 10.3. The number of rotatable bonds is 7. The minimum absolute atomic E-state index is 0.376. The number of fused-ring (bicyclic) bond motifs is 2. The van der Waals surface area contributed by atoms with Gasteiger partial charge in [0.2, 0.25) is 0 Å². The second kappa shape index (κ2) is 14.0. The molecule has 4 aliphatic rings. The van der Waals surface area contributed by atoms with Gasteiger partial charge in [-0.05, 0) is 12.1 Å². The summed E-state index contributed by atoms with van der Waals surface area (Å²) in [5.41, 5.74) is -0.598. The molecule has 4 atom stereocenters. The van der Waals surface area contributed by atoms with Crippen LogP contribution < -0.4 is 20.4 Å². The largest absolute Gasteiger partial charge is 0.481 e. The zero-order valence-corrected chi connectivity index (χ0v) is 25.6. The number of nitrogens with one attached hydrogen (secondary N) is 2. The molecule has 0 amide bonds. The number of carboxylic acid groups (broad SMARTS) is 3. The van der Waals surface area contributed by atoms with E-state index in [0.29, 0.717) is 32.4 Å². The van der Waals surface area contributed by atoms with Crippen molar-refractivity contribution in [3.8, 4) is 0 Å². The van der Waals surface area contributed by atoms with Crippen LogP contribution in [0, 0.1) is 11.8 Å². The molecule has 0 unspecified atom stereocenters. The van der Waals surface area contributed by atoms with Gasteiger partial charge in [-0.2, -0.15) is 0 Å². The number of nitrogens with zero attached hydrogens (tertiary/aromatic N) is 4. The van der Waals surface area contributed by atoms with Gasteiger partial charge in [0.05, 0.1) is 46.7 Å². The minimum atomic E-state index is -2.74. The first-order valence-corrected chi connectivity index (χ1v) is 14.7. The molecule has 2 aromatic heterocycles. The summed E-state index contributed by atoms with van der Waals surface area (Å²) in [5.74, 6) is -3.44. The number of hydrogen-bond acceptors (Lipinski definition) is 10. The molecule has 6 heterocycles. The van der Waals surface area contributed by atoms with E-state index >= 15 is 0 Å². The molecule has 234 valence electrons. The van der Waals surface area contributed by atoms with Gasteiger partial charge in [0.25, 0.3) is 0 Å². The first kappa shape index (κ1) is 33.2. The van der Waals surface area contributed by atoms with Crippen molar-refractivity contribution < 1.29 is 34.8 Å². The number of halogens is 4. The lowest BCUT2D eigenvalue weighted by Gasteiger charge is -2.29. The number of carbonyl (C=O) groups is 3. The van der Waals surface area contributed by atoms with Crippen molar-refractivity contribution in [2.24, 2.45) is 11.8 Å². The van der Waals surface area contributed by atoms with E-state index in [1.54, 1.807) is 12.4 Å². The average Bonchev–Trinajstić information content (AvgIpc) is 3.36. The fraction of sp³-hybridized carbons (Fsp3) is 0.500. The first-order valence-electron chi connectivity index (χ1n) is 13.2. The Morgan fingerprint density at radius 3 is 1.40 bits per heavy atom. The van der Waals surface area contributed by atoms with Gasteiger partial charge in [-0.15, -0.1) is 0 Å². The second-order valence-electron chi connectivity index (χ2n) is 10.8. The Bertz CT molecular complexity index is 1260. The molecular formula is C26H30Cl4N6O7. The molecule has 13 nitrogen and oxygen atoms in total. The molecular weight excluding hydrogens is 650 g/mol. The number of aromatic nitrogens is 2. The molecule has 6 N–H and O–H groups in total. The lowest BCUT2D eigenvalue weighted by Crippen LogP contribution is -2.51. The third-order valence-electron chi connectivity index (χ3n) is 7.75. The van der Waals surface area contributed by atoms with Crippen LogP contribution >= 0.6 is 46.4 Å². The summed E-state index contributed by atoms with van der Waals surface area (Å²) in [4.78, 5) is 43.2. The van der Waals surface area contributed by atoms with E-state index in [9.17, 15) is 14.4 Å². The van der Waals surface area contributed by atoms with Crippen LogP contribution in [0.1, 0.15) is 12.8 Å². The molecule has 4 saturated heterocycles. The van der Waals surface area contributed by atoms with Crippen LogP contribution in [0.5, 0.6) is 0 Å². The smallest absolute Gasteiger partial charge is 0.336 e. The van der Waals surface area contributed by atoms with Crippen LogP contribution in [0.25, 0.3) is 0 Å². The van der Waals surface area contributed by atoms with Crippen molar-refractivity contribution in [2.75, 3.05) is 49.1 Å². The van der Waals surface area contributed by atoms with E-state index in [1.807, 2.05) is 12.1 Å². The number of carboxylic acids is 3. The molecule has 4 fully saturated rings. The van der Waals surface area contributed by atoms with E-state index in [-0.39, 0.29) is 0 Å². The maximum Gasteiger partial charge on any atom is 0.336 e. The van der Waals surface area contributed by atoms with E-state index in [1.165, 1.54) is 0 Å². The molecule has 2 aromatic rings.